The highest BCUT2D eigenvalue weighted by atomic mass is 16.2. The van der Waals surface area contributed by atoms with Crippen LogP contribution < -0.4 is 10.6 Å². The Kier molecular flexibility index (Phi) is 8.68. The second-order valence-electron chi connectivity index (χ2n) is 9.40. The van der Waals surface area contributed by atoms with E-state index in [2.05, 4.69) is 44.4 Å². The summed E-state index contributed by atoms with van der Waals surface area (Å²) in [5.74, 6) is -0.287. The molecule has 0 aliphatic heterocycles. The molecule has 11 heteroatoms. The van der Waals surface area contributed by atoms with E-state index >= 15 is 0 Å². The van der Waals surface area contributed by atoms with Gasteiger partial charge < -0.3 is 10.6 Å². The van der Waals surface area contributed by atoms with Crippen LogP contribution in [0.1, 0.15) is 31.8 Å². The summed E-state index contributed by atoms with van der Waals surface area (Å²) in [5, 5.41) is 22.6. The van der Waals surface area contributed by atoms with E-state index in [9.17, 15) is 9.59 Å². The Morgan fingerprint density at radius 1 is 0.643 bits per heavy atom. The molecule has 0 spiro atoms. The van der Waals surface area contributed by atoms with Gasteiger partial charge in [-0.1, -0.05) is 52.9 Å². The minimum Gasteiger partial charge on any atom is -0.349 e. The summed E-state index contributed by atoms with van der Waals surface area (Å²) >= 11 is 0. The Hall–Kier alpha value is -5.71. The van der Waals surface area contributed by atoms with Gasteiger partial charge in [-0.15, -0.1) is 23.4 Å². The fourth-order valence-electron chi connectivity index (χ4n) is 4.14. The second-order valence-corrected chi connectivity index (χ2v) is 9.40. The maximum atomic E-state index is 12.1. The van der Waals surface area contributed by atoms with Gasteiger partial charge in [0.25, 0.3) is 11.8 Å². The van der Waals surface area contributed by atoms with Crippen LogP contribution in [0.25, 0.3) is 22.8 Å². The van der Waals surface area contributed by atoms with Crippen LogP contribution in [-0.4, -0.2) is 59.9 Å². The van der Waals surface area contributed by atoms with Gasteiger partial charge >= 0.3 is 0 Å². The molecular weight excluding hydrogens is 530 g/mol. The molecule has 0 aliphatic carbocycles. The van der Waals surface area contributed by atoms with Crippen LogP contribution in [0.4, 0.5) is 0 Å². The molecule has 5 rings (SSSR count). The van der Waals surface area contributed by atoms with Crippen molar-refractivity contribution in [2.45, 2.75) is 13.1 Å². The Morgan fingerprint density at radius 3 is 1.48 bits per heavy atom. The van der Waals surface area contributed by atoms with Crippen molar-refractivity contribution in [3.8, 4) is 22.8 Å². The number of rotatable bonds is 12. The van der Waals surface area contributed by atoms with Gasteiger partial charge in [0.2, 0.25) is 0 Å². The van der Waals surface area contributed by atoms with Crippen LogP contribution in [0, 0.1) is 0 Å². The highest BCUT2D eigenvalue weighted by molar-refractivity contribution is 5.94. The van der Waals surface area contributed by atoms with Crippen LogP contribution in [-0.2, 0) is 13.1 Å². The van der Waals surface area contributed by atoms with E-state index in [0.717, 1.165) is 11.1 Å². The third kappa shape index (κ3) is 6.89. The number of hydrogen-bond acceptors (Lipinski definition) is 7. The van der Waals surface area contributed by atoms with Gasteiger partial charge in [-0.25, -0.2) is 14.3 Å². The minimum atomic E-state index is -0.143. The molecule has 0 bridgehead atoms. The summed E-state index contributed by atoms with van der Waals surface area (Å²) < 4.78 is 3.45. The topological polar surface area (TPSA) is 133 Å². The van der Waals surface area contributed by atoms with Crippen LogP contribution in [0.2, 0.25) is 0 Å². The lowest BCUT2D eigenvalue weighted by Gasteiger charge is -2.05. The van der Waals surface area contributed by atoms with Gasteiger partial charge in [0.1, 0.15) is 11.4 Å². The van der Waals surface area contributed by atoms with Crippen LogP contribution in [0.3, 0.4) is 0 Å². The van der Waals surface area contributed by atoms with Crippen LogP contribution in [0.15, 0.2) is 104 Å². The number of pyridine rings is 1. The molecule has 3 aromatic heterocycles. The van der Waals surface area contributed by atoms with E-state index in [-0.39, 0.29) is 11.8 Å². The second kappa shape index (κ2) is 13.1. The first-order chi connectivity index (χ1) is 20.5. The van der Waals surface area contributed by atoms with Crippen molar-refractivity contribution < 1.29 is 9.59 Å². The molecule has 2 N–H and O–H groups in total. The molecule has 2 aromatic carbocycles. The van der Waals surface area contributed by atoms with Gasteiger partial charge in [0.05, 0.1) is 36.9 Å². The highest BCUT2D eigenvalue weighted by Crippen LogP contribution is 2.20. The predicted molar refractivity (Wildman–Crippen MR) is 158 cm³/mol. The van der Waals surface area contributed by atoms with Crippen molar-refractivity contribution >= 4 is 11.8 Å². The summed E-state index contributed by atoms with van der Waals surface area (Å²) in [6, 6.07) is 20.3. The Bertz CT molecular complexity index is 1580. The number of nitrogens with one attached hydrogen (secondary N) is 2. The van der Waals surface area contributed by atoms with E-state index in [1.54, 1.807) is 45.8 Å². The van der Waals surface area contributed by atoms with Gasteiger partial charge in [0.15, 0.2) is 0 Å². The van der Waals surface area contributed by atoms with Crippen molar-refractivity contribution in [2.24, 2.45) is 0 Å². The van der Waals surface area contributed by atoms with Gasteiger partial charge in [0, 0.05) is 24.2 Å². The molecule has 0 aliphatic rings. The lowest BCUT2D eigenvalue weighted by Crippen LogP contribution is -2.23. The number of carbonyl (C=O) groups excluding carboxylic acids is 2. The molecule has 2 amide bonds. The van der Waals surface area contributed by atoms with Crippen molar-refractivity contribution in [3.63, 3.8) is 0 Å². The molecule has 5 aromatic rings. The molecular formula is C31H29N9O2. The summed E-state index contributed by atoms with van der Waals surface area (Å²) in [7, 11) is 0. The molecule has 0 saturated carbocycles. The average Bonchev–Trinajstić information content (AvgIpc) is 3.69. The average molecular weight is 560 g/mol. The maximum absolute atomic E-state index is 12.1. The summed E-state index contributed by atoms with van der Waals surface area (Å²) in [4.78, 5) is 28.9. The summed E-state index contributed by atoms with van der Waals surface area (Å²) in [6.45, 7) is 9.04. The molecule has 0 unspecified atom stereocenters. The van der Waals surface area contributed by atoms with E-state index in [0.29, 0.717) is 60.1 Å². The fraction of sp³-hybridized carbons (Fsp3) is 0.129. The molecule has 210 valence electrons. The van der Waals surface area contributed by atoms with Crippen LogP contribution in [0.5, 0.6) is 0 Å². The SMILES string of the molecule is C=CCNC(=O)c1ccc(Cn2cc(-c3cccc(-c4cn(Cc5ccc(C(=O)NCC=C)cc5)nn4)n3)nn2)cc1. The Morgan fingerprint density at radius 2 is 1.07 bits per heavy atom. The monoisotopic (exact) mass is 559 g/mol. The Labute approximate surface area is 242 Å². The van der Waals surface area contributed by atoms with E-state index < -0.39 is 0 Å². The first-order valence-corrected chi connectivity index (χ1v) is 13.3. The number of hydrogen-bond donors (Lipinski definition) is 2. The zero-order chi connectivity index (χ0) is 29.3. The fourth-order valence-corrected chi connectivity index (χ4v) is 4.14. The largest absolute Gasteiger partial charge is 0.349 e. The lowest BCUT2D eigenvalue weighted by molar-refractivity contribution is 0.0950. The summed E-state index contributed by atoms with van der Waals surface area (Å²) in [6.07, 6.45) is 6.94. The maximum Gasteiger partial charge on any atom is 0.251 e. The smallest absolute Gasteiger partial charge is 0.251 e. The molecule has 0 fully saturated rings. The summed E-state index contributed by atoms with van der Waals surface area (Å²) in [5.41, 5.74) is 5.70. The van der Waals surface area contributed by atoms with Crippen molar-refractivity contribution in [3.05, 3.63) is 127 Å². The van der Waals surface area contributed by atoms with E-state index in [1.165, 1.54) is 0 Å². The number of amides is 2. The molecule has 0 saturated heterocycles. The predicted octanol–water partition coefficient (Wildman–Crippen LogP) is 3.53. The molecule has 11 nitrogen and oxygen atoms in total. The van der Waals surface area contributed by atoms with Crippen LogP contribution >= 0.6 is 0 Å². The number of benzene rings is 2. The van der Waals surface area contributed by atoms with Gasteiger partial charge in [-0.05, 0) is 47.5 Å². The van der Waals surface area contributed by atoms with Crippen molar-refractivity contribution in [2.75, 3.05) is 13.1 Å². The number of aromatic nitrogens is 7. The quantitative estimate of drug-likeness (QED) is 0.224. The first kappa shape index (κ1) is 27.8. The van der Waals surface area contributed by atoms with E-state index in [1.807, 2.05) is 54.9 Å². The van der Waals surface area contributed by atoms with E-state index in [4.69, 9.17) is 4.98 Å². The third-order valence-electron chi connectivity index (χ3n) is 6.29. The number of carbonyl (C=O) groups is 2. The van der Waals surface area contributed by atoms with Gasteiger partial charge in [-0.3, -0.25) is 9.59 Å². The van der Waals surface area contributed by atoms with Crippen molar-refractivity contribution in [1.29, 1.82) is 0 Å². The molecule has 0 radical (unpaired) electrons. The molecule has 42 heavy (non-hydrogen) atoms. The zero-order valence-electron chi connectivity index (χ0n) is 22.8. The molecule has 0 atom stereocenters. The normalized spacial score (nSPS) is 10.7. The Balaban J connectivity index is 1.22. The highest BCUT2D eigenvalue weighted by Gasteiger charge is 2.12. The van der Waals surface area contributed by atoms with Gasteiger partial charge in [-0.2, -0.15) is 0 Å². The molecule has 3 heterocycles. The van der Waals surface area contributed by atoms with Crippen molar-refractivity contribution in [1.82, 2.24) is 45.6 Å². The minimum absolute atomic E-state index is 0.143. The number of nitrogens with zero attached hydrogens (tertiary/aromatic N) is 7. The third-order valence-corrected chi connectivity index (χ3v) is 6.29. The standard InChI is InChI=1S/C31H29N9O2/c1-3-16-32-30(41)24-12-8-22(9-13-24)18-39-20-28(35-37-39)26-6-5-7-27(34-26)29-21-40(38-36-29)19-23-10-14-25(15-11-23)31(42)33-17-4-2/h3-15,20-21H,1-2,16-19H2,(H,32,41)(H,33,42). The lowest BCUT2D eigenvalue weighted by atomic mass is 10.1. The zero-order valence-corrected chi connectivity index (χ0v) is 22.8. The first-order valence-electron chi connectivity index (χ1n) is 13.3.